The number of hydrogen-bond acceptors (Lipinski definition) is 5. The molecule has 1 amide bonds. The molecular formula is C22H17N3O3S. The van der Waals surface area contributed by atoms with Crippen molar-refractivity contribution in [3.8, 4) is 11.1 Å². The van der Waals surface area contributed by atoms with Crippen LogP contribution in [0.5, 0.6) is 0 Å². The zero-order valence-corrected chi connectivity index (χ0v) is 16.1. The summed E-state index contributed by atoms with van der Waals surface area (Å²) in [5.41, 5.74) is 7.87. The lowest BCUT2D eigenvalue weighted by atomic mass is 10.1. The van der Waals surface area contributed by atoms with Gasteiger partial charge in [-0.2, -0.15) is 5.10 Å². The number of nitro groups is 1. The van der Waals surface area contributed by atoms with Gasteiger partial charge in [-0.05, 0) is 22.3 Å². The molecule has 0 aromatic heterocycles. The van der Waals surface area contributed by atoms with E-state index in [0.29, 0.717) is 5.56 Å². The lowest BCUT2D eigenvalue weighted by Crippen LogP contribution is -2.20. The van der Waals surface area contributed by atoms with E-state index >= 15 is 0 Å². The maximum absolute atomic E-state index is 12.2. The van der Waals surface area contributed by atoms with Crippen LogP contribution in [0.1, 0.15) is 21.9 Å². The summed E-state index contributed by atoms with van der Waals surface area (Å²) in [6.07, 6.45) is 1.40. The Morgan fingerprint density at radius 2 is 1.69 bits per heavy atom. The van der Waals surface area contributed by atoms with Crippen LogP contribution in [-0.2, 0) is 4.79 Å². The molecule has 0 unspecified atom stereocenters. The third-order valence-electron chi connectivity index (χ3n) is 4.64. The number of non-ortho nitro benzene ring substituents is 1. The molecule has 0 heterocycles. The highest BCUT2D eigenvalue weighted by Gasteiger charge is 2.28. The highest BCUT2D eigenvalue weighted by atomic mass is 32.2. The van der Waals surface area contributed by atoms with Crippen LogP contribution in [0.2, 0.25) is 0 Å². The molecule has 7 heteroatoms. The summed E-state index contributed by atoms with van der Waals surface area (Å²) < 4.78 is 0. The Morgan fingerprint density at radius 1 is 1.03 bits per heavy atom. The molecule has 0 atom stereocenters. The van der Waals surface area contributed by atoms with Crippen molar-refractivity contribution >= 4 is 29.6 Å². The van der Waals surface area contributed by atoms with E-state index in [1.165, 1.54) is 40.6 Å². The number of carbonyl (C=O) groups is 1. The Kier molecular flexibility index (Phi) is 5.39. The minimum atomic E-state index is -0.468. The fourth-order valence-corrected chi connectivity index (χ4v) is 4.53. The number of carbonyl (C=O) groups excluding carboxylic acids is 1. The van der Waals surface area contributed by atoms with E-state index in [2.05, 4.69) is 34.8 Å². The fraction of sp³-hybridized carbons (Fsp3) is 0.0909. The Balaban J connectivity index is 1.39. The minimum absolute atomic E-state index is 0.0191. The van der Waals surface area contributed by atoms with Crippen LogP contribution in [0.4, 0.5) is 5.69 Å². The van der Waals surface area contributed by atoms with Crippen molar-refractivity contribution in [2.75, 3.05) is 5.75 Å². The number of nitro benzene ring substituents is 1. The van der Waals surface area contributed by atoms with Crippen LogP contribution in [0.15, 0.2) is 77.9 Å². The second kappa shape index (κ2) is 8.28. The highest BCUT2D eigenvalue weighted by molar-refractivity contribution is 8.00. The number of hydrogen-bond donors (Lipinski definition) is 1. The van der Waals surface area contributed by atoms with Crippen molar-refractivity contribution < 1.29 is 9.72 Å². The first kappa shape index (κ1) is 18.9. The standard InChI is InChI=1S/C22H17N3O3S/c26-21(24-23-13-15-6-5-7-16(12-15)25(27)28)14-29-22-19-10-3-1-8-17(19)18-9-2-4-11-20(18)22/h1-13,22H,14H2,(H,24,26)/b23-13-. The zero-order valence-electron chi connectivity index (χ0n) is 15.3. The summed E-state index contributed by atoms with van der Waals surface area (Å²) in [5, 5.41) is 14.8. The fourth-order valence-electron chi connectivity index (χ4n) is 3.38. The van der Waals surface area contributed by atoms with E-state index in [1.807, 2.05) is 24.3 Å². The number of benzene rings is 3. The number of hydrazone groups is 1. The number of rotatable bonds is 6. The maximum atomic E-state index is 12.2. The average molecular weight is 403 g/mol. The van der Waals surface area contributed by atoms with E-state index in [4.69, 9.17) is 0 Å². The molecule has 4 rings (SSSR count). The van der Waals surface area contributed by atoms with Gasteiger partial charge < -0.3 is 0 Å². The zero-order chi connectivity index (χ0) is 20.2. The molecule has 0 aliphatic heterocycles. The summed E-state index contributed by atoms with van der Waals surface area (Å²) in [5.74, 6) is 0.0260. The van der Waals surface area contributed by atoms with Gasteiger partial charge >= 0.3 is 0 Å². The molecule has 3 aromatic rings. The molecular weight excluding hydrogens is 386 g/mol. The number of thioether (sulfide) groups is 1. The van der Waals surface area contributed by atoms with Gasteiger partial charge in [0.25, 0.3) is 5.69 Å². The van der Waals surface area contributed by atoms with E-state index in [9.17, 15) is 14.9 Å². The number of amides is 1. The summed E-state index contributed by atoms with van der Waals surface area (Å²) in [7, 11) is 0. The van der Waals surface area contributed by atoms with E-state index in [1.54, 1.807) is 23.9 Å². The summed E-state index contributed by atoms with van der Waals surface area (Å²) in [4.78, 5) is 22.6. The third-order valence-corrected chi connectivity index (χ3v) is 5.91. The van der Waals surface area contributed by atoms with Gasteiger partial charge in [0.1, 0.15) is 0 Å². The predicted octanol–water partition coefficient (Wildman–Crippen LogP) is 4.55. The van der Waals surface area contributed by atoms with Crippen LogP contribution in [0.3, 0.4) is 0 Å². The average Bonchev–Trinajstić information content (AvgIpc) is 3.06. The van der Waals surface area contributed by atoms with Gasteiger partial charge in [0.15, 0.2) is 0 Å². The first-order valence-electron chi connectivity index (χ1n) is 8.99. The van der Waals surface area contributed by atoms with Gasteiger partial charge in [0.2, 0.25) is 5.91 Å². The van der Waals surface area contributed by atoms with E-state index in [-0.39, 0.29) is 22.6 Å². The Morgan fingerprint density at radius 3 is 2.34 bits per heavy atom. The lowest BCUT2D eigenvalue weighted by molar-refractivity contribution is -0.384. The Labute approximate surface area is 171 Å². The third kappa shape index (κ3) is 4.05. The lowest BCUT2D eigenvalue weighted by Gasteiger charge is -2.12. The first-order chi connectivity index (χ1) is 14.1. The van der Waals surface area contributed by atoms with Crippen molar-refractivity contribution in [3.05, 3.63) is 99.6 Å². The van der Waals surface area contributed by atoms with Gasteiger partial charge in [-0.25, -0.2) is 5.43 Å². The molecule has 0 bridgehead atoms. The summed E-state index contributed by atoms with van der Waals surface area (Å²) >= 11 is 1.55. The van der Waals surface area contributed by atoms with Gasteiger partial charge in [-0.15, -0.1) is 11.8 Å². The molecule has 1 aliphatic rings. The van der Waals surface area contributed by atoms with Gasteiger partial charge in [-0.1, -0.05) is 60.7 Å². The SMILES string of the molecule is O=C(CSC1c2ccccc2-c2ccccc21)N/N=C\c1cccc([N+](=O)[O-])c1. The van der Waals surface area contributed by atoms with E-state index < -0.39 is 4.92 Å². The topological polar surface area (TPSA) is 84.6 Å². The van der Waals surface area contributed by atoms with Gasteiger partial charge in [0, 0.05) is 17.7 Å². The van der Waals surface area contributed by atoms with Crippen molar-refractivity contribution in [3.63, 3.8) is 0 Å². The molecule has 6 nitrogen and oxygen atoms in total. The predicted molar refractivity (Wildman–Crippen MR) is 115 cm³/mol. The number of nitrogens with zero attached hydrogens (tertiary/aromatic N) is 2. The van der Waals surface area contributed by atoms with Crippen molar-refractivity contribution in [1.82, 2.24) is 5.43 Å². The first-order valence-corrected chi connectivity index (χ1v) is 10.0. The largest absolute Gasteiger partial charge is 0.272 e. The van der Waals surface area contributed by atoms with Crippen LogP contribution in [-0.4, -0.2) is 22.8 Å². The quantitative estimate of drug-likeness (QED) is 0.372. The Bertz CT molecular complexity index is 1070. The molecule has 144 valence electrons. The highest BCUT2D eigenvalue weighted by Crippen LogP contribution is 2.49. The maximum Gasteiger partial charge on any atom is 0.270 e. The Hall–Kier alpha value is -3.45. The van der Waals surface area contributed by atoms with Gasteiger partial charge in [-0.3, -0.25) is 14.9 Å². The number of fused-ring (bicyclic) bond motifs is 3. The smallest absolute Gasteiger partial charge is 0.270 e. The van der Waals surface area contributed by atoms with Crippen molar-refractivity contribution in [2.45, 2.75) is 5.25 Å². The molecule has 29 heavy (non-hydrogen) atoms. The molecule has 0 radical (unpaired) electrons. The van der Waals surface area contributed by atoms with Gasteiger partial charge in [0.05, 0.1) is 22.1 Å². The molecule has 3 aromatic carbocycles. The normalized spacial score (nSPS) is 12.6. The van der Waals surface area contributed by atoms with Crippen LogP contribution >= 0.6 is 11.8 Å². The summed E-state index contributed by atoms with van der Waals surface area (Å²) in [6, 6.07) is 22.6. The molecule has 0 saturated carbocycles. The molecule has 0 spiro atoms. The monoisotopic (exact) mass is 403 g/mol. The molecule has 0 saturated heterocycles. The summed E-state index contributed by atoms with van der Waals surface area (Å²) in [6.45, 7) is 0. The number of nitrogens with one attached hydrogen (secondary N) is 1. The van der Waals surface area contributed by atoms with Crippen molar-refractivity contribution in [1.29, 1.82) is 0 Å². The minimum Gasteiger partial charge on any atom is -0.272 e. The van der Waals surface area contributed by atoms with E-state index in [0.717, 1.165) is 0 Å². The molecule has 1 N–H and O–H groups in total. The second-order valence-corrected chi connectivity index (χ2v) is 7.60. The van der Waals surface area contributed by atoms with Crippen LogP contribution < -0.4 is 5.43 Å². The van der Waals surface area contributed by atoms with Crippen LogP contribution in [0.25, 0.3) is 11.1 Å². The van der Waals surface area contributed by atoms with Crippen LogP contribution in [0, 0.1) is 10.1 Å². The van der Waals surface area contributed by atoms with Crippen molar-refractivity contribution in [2.24, 2.45) is 5.10 Å². The second-order valence-electron chi connectivity index (χ2n) is 6.51. The molecule has 0 fully saturated rings. The molecule has 1 aliphatic carbocycles.